The quantitative estimate of drug-likeness (QED) is 0.330. The molecule has 0 saturated carbocycles. The Hall–Kier alpha value is -1.18. The summed E-state index contributed by atoms with van der Waals surface area (Å²) in [6.45, 7) is 2.83. The highest BCUT2D eigenvalue weighted by atomic mass is 16.5. The van der Waals surface area contributed by atoms with Gasteiger partial charge >= 0.3 is 5.97 Å². The van der Waals surface area contributed by atoms with Crippen LogP contribution >= 0.6 is 0 Å². The molecule has 7 nitrogen and oxygen atoms in total. The van der Waals surface area contributed by atoms with E-state index >= 15 is 0 Å². The summed E-state index contributed by atoms with van der Waals surface area (Å²) in [7, 11) is 0. The molecule has 0 rings (SSSR count). The van der Waals surface area contributed by atoms with Crippen molar-refractivity contribution in [2.75, 3.05) is 46.2 Å². The molecule has 1 amide bonds. The van der Waals surface area contributed by atoms with Crippen molar-refractivity contribution in [2.24, 2.45) is 0 Å². The third kappa shape index (κ3) is 14.8. The Labute approximate surface area is 100 Å². The first-order valence-corrected chi connectivity index (χ1v) is 5.39. The summed E-state index contributed by atoms with van der Waals surface area (Å²) < 4.78 is 15.3. The molecule has 0 spiro atoms. The molecule has 0 bridgehead atoms. The summed E-state index contributed by atoms with van der Waals surface area (Å²) in [4.78, 5) is 20.0. The average molecular weight is 249 g/mol. The number of carboxylic acid groups (broad SMARTS) is 1. The van der Waals surface area contributed by atoms with Gasteiger partial charge < -0.3 is 24.6 Å². The van der Waals surface area contributed by atoms with Crippen LogP contribution in [0.15, 0.2) is 0 Å². The average Bonchev–Trinajstić information content (AvgIpc) is 2.30. The highest BCUT2D eigenvalue weighted by Crippen LogP contribution is 1.84. The van der Waals surface area contributed by atoms with Crippen LogP contribution in [0.1, 0.15) is 6.42 Å². The van der Waals surface area contributed by atoms with E-state index in [1.165, 1.54) is 0 Å². The van der Waals surface area contributed by atoms with Gasteiger partial charge in [-0.1, -0.05) is 0 Å². The van der Waals surface area contributed by atoms with E-state index in [0.29, 0.717) is 46.0 Å². The molecule has 0 heterocycles. The molecule has 0 atom stereocenters. The Balaban J connectivity index is 2.94. The van der Waals surface area contributed by atoms with Gasteiger partial charge in [0.2, 0.25) is 6.41 Å². The van der Waals surface area contributed by atoms with Crippen LogP contribution in [0.5, 0.6) is 0 Å². The van der Waals surface area contributed by atoms with Crippen molar-refractivity contribution in [3.8, 4) is 0 Å². The van der Waals surface area contributed by atoms with E-state index in [9.17, 15) is 9.59 Å². The lowest BCUT2D eigenvalue weighted by atomic mass is 10.5. The lowest BCUT2D eigenvalue weighted by molar-refractivity contribution is -0.138. The van der Waals surface area contributed by atoms with Gasteiger partial charge in [-0.25, -0.2) is 0 Å². The Bertz CT molecular complexity index is 199. The largest absolute Gasteiger partial charge is 0.481 e. The van der Waals surface area contributed by atoms with E-state index in [1.54, 1.807) is 0 Å². The topological polar surface area (TPSA) is 94.1 Å². The van der Waals surface area contributed by atoms with Gasteiger partial charge in [0.15, 0.2) is 0 Å². The van der Waals surface area contributed by atoms with Crippen molar-refractivity contribution in [1.82, 2.24) is 5.32 Å². The zero-order valence-corrected chi connectivity index (χ0v) is 9.72. The predicted octanol–water partition coefficient (Wildman–Crippen LogP) is -0.743. The van der Waals surface area contributed by atoms with Gasteiger partial charge in [-0.3, -0.25) is 9.59 Å². The Morgan fingerprint density at radius 3 is 2.06 bits per heavy atom. The van der Waals surface area contributed by atoms with Gasteiger partial charge in [0.05, 0.1) is 46.1 Å². The van der Waals surface area contributed by atoms with Crippen molar-refractivity contribution in [3.05, 3.63) is 0 Å². The monoisotopic (exact) mass is 249 g/mol. The number of hydrogen-bond acceptors (Lipinski definition) is 5. The molecule has 0 aromatic heterocycles. The van der Waals surface area contributed by atoms with Crippen LogP contribution in [-0.2, 0) is 23.8 Å². The third-order valence-corrected chi connectivity index (χ3v) is 1.68. The lowest BCUT2D eigenvalue weighted by Crippen LogP contribution is -2.19. The van der Waals surface area contributed by atoms with Gasteiger partial charge in [0.1, 0.15) is 0 Å². The number of amides is 1. The summed E-state index contributed by atoms with van der Waals surface area (Å²) >= 11 is 0. The fourth-order valence-electron chi connectivity index (χ4n) is 0.891. The molecule has 17 heavy (non-hydrogen) atoms. The number of ether oxygens (including phenoxy) is 3. The number of carbonyl (C=O) groups excluding carboxylic acids is 1. The molecule has 0 unspecified atom stereocenters. The highest BCUT2D eigenvalue weighted by molar-refractivity contribution is 5.66. The summed E-state index contributed by atoms with van der Waals surface area (Å²) in [6, 6.07) is 0. The zero-order chi connectivity index (χ0) is 12.8. The summed E-state index contributed by atoms with van der Waals surface area (Å²) in [5.74, 6) is -0.872. The molecular formula is C10H19NO6. The SMILES string of the molecule is O=CNCCOCCOCCOCCC(=O)O. The predicted molar refractivity (Wildman–Crippen MR) is 58.8 cm³/mol. The smallest absolute Gasteiger partial charge is 0.305 e. The summed E-state index contributed by atoms with van der Waals surface area (Å²) in [5, 5.41) is 10.8. The van der Waals surface area contributed by atoms with Crippen LogP contribution < -0.4 is 5.32 Å². The van der Waals surface area contributed by atoms with E-state index < -0.39 is 5.97 Å². The van der Waals surface area contributed by atoms with Gasteiger partial charge in [0, 0.05) is 6.54 Å². The molecule has 100 valence electrons. The molecule has 0 aromatic rings. The standard InChI is InChI=1S/C10H19NO6/c12-9-11-2-4-16-6-8-17-7-5-15-3-1-10(13)14/h9H,1-8H2,(H,11,12)(H,13,14). The molecule has 0 aromatic carbocycles. The second-order valence-corrected chi connectivity index (χ2v) is 3.05. The number of nitrogens with one attached hydrogen (secondary N) is 1. The summed E-state index contributed by atoms with van der Waals surface area (Å²) in [5.41, 5.74) is 0. The first-order valence-electron chi connectivity index (χ1n) is 5.39. The van der Waals surface area contributed by atoms with Crippen molar-refractivity contribution in [1.29, 1.82) is 0 Å². The molecular weight excluding hydrogens is 230 g/mol. The number of hydrogen-bond donors (Lipinski definition) is 2. The molecule has 7 heteroatoms. The van der Waals surface area contributed by atoms with E-state index in [2.05, 4.69) is 5.32 Å². The molecule has 0 radical (unpaired) electrons. The molecule has 0 fully saturated rings. The first kappa shape index (κ1) is 15.8. The van der Waals surface area contributed by atoms with Crippen LogP contribution in [0.3, 0.4) is 0 Å². The van der Waals surface area contributed by atoms with Gasteiger partial charge in [-0.05, 0) is 0 Å². The highest BCUT2D eigenvalue weighted by Gasteiger charge is 1.96. The van der Waals surface area contributed by atoms with E-state index in [0.717, 1.165) is 0 Å². The molecule has 0 aliphatic rings. The van der Waals surface area contributed by atoms with E-state index in [4.69, 9.17) is 19.3 Å². The normalized spacial score (nSPS) is 10.1. The van der Waals surface area contributed by atoms with Crippen molar-refractivity contribution < 1.29 is 28.9 Å². The van der Waals surface area contributed by atoms with Gasteiger partial charge in [0.25, 0.3) is 0 Å². The maximum atomic E-state index is 10.1. The maximum Gasteiger partial charge on any atom is 0.305 e. The Kier molecular flexibility index (Phi) is 12.0. The number of rotatable bonds is 13. The number of carbonyl (C=O) groups is 2. The van der Waals surface area contributed by atoms with Crippen LogP contribution in [0.25, 0.3) is 0 Å². The molecule has 0 aliphatic heterocycles. The molecule has 0 saturated heterocycles. The minimum absolute atomic E-state index is 0.00679. The fraction of sp³-hybridized carbons (Fsp3) is 0.800. The lowest BCUT2D eigenvalue weighted by Gasteiger charge is -2.06. The van der Waals surface area contributed by atoms with Crippen LogP contribution in [0.2, 0.25) is 0 Å². The van der Waals surface area contributed by atoms with E-state index in [1.807, 2.05) is 0 Å². The van der Waals surface area contributed by atoms with Crippen molar-refractivity contribution >= 4 is 12.4 Å². The Morgan fingerprint density at radius 1 is 1.00 bits per heavy atom. The molecule has 2 N–H and O–H groups in total. The number of carboxylic acids is 1. The second kappa shape index (κ2) is 12.9. The van der Waals surface area contributed by atoms with Gasteiger partial charge in [-0.2, -0.15) is 0 Å². The number of aliphatic carboxylic acids is 1. The van der Waals surface area contributed by atoms with Crippen LogP contribution in [-0.4, -0.2) is 63.7 Å². The minimum Gasteiger partial charge on any atom is -0.481 e. The zero-order valence-electron chi connectivity index (χ0n) is 9.72. The van der Waals surface area contributed by atoms with Crippen LogP contribution in [0.4, 0.5) is 0 Å². The Morgan fingerprint density at radius 2 is 1.53 bits per heavy atom. The third-order valence-electron chi connectivity index (χ3n) is 1.68. The van der Waals surface area contributed by atoms with Crippen molar-refractivity contribution in [2.45, 2.75) is 6.42 Å². The maximum absolute atomic E-state index is 10.1. The van der Waals surface area contributed by atoms with Crippen molar-refractivity contribution in [3.63, 3.8) is 0 Å². The molecule has 0 aliphatic carbocycles. The fourth-order valence-corrected chi connectivity index (χ4v) is 0.891. The minimum atomic E-state index is -0.872. The van der Waals surface area contributed by atoms with Gasteiger partial charge in [-0.15, -0.1) is 0 Å². The van der Waals surface area contributed by atoms with E-state index in [-0.39, 0.29) is 13.0 Å². The second-order valence-electron chi connectivity index (χ2n) is 3.05. The van der Waals surface area contributed by atoms with Crippen LogP contribution in [0, 0.1) is 0 Å². The first-order chi connectivity index (χ1) is 8.27. The summed E-state index contributed by atoms with van der Waals surface area (Å²) in [6.07, 6.45) is 0.626.